The molecule has 0 spiro atoms. The maximum Gasteiger partial charge on any atom is 0.155 e. The summed E-state index contributed by atoms with van der Waals surface area (Å²) in [4.78, 5) is 12.8. The van der Waals surface area contributed by atoms with Crippen molar-refractivity contribution in [2.45, 2.75) is 37.2 Å². The molecular formula is C17H18O2. The van der Waals surface area contributed by atoms with Gasteiger partial charge < -0.3 is 4.74 Å². The molecule has 2 nitrogen and oxygen atoms in total. The van der Waals surface area contributed by atoms with Crippen molar-refractivity contribution in [3.05, 3.63) is 47.5 Å². The minimum absolute atomic E-state index is 0.0896. The fourth-order valence-electron chi connectivity index (χ4n) is 4.18. The van der Waals surface area contributed by atoms with Crippen molar-refractivity contribution in [2.24, 2.45) is 5.92 Å². The van der Waals surface area contributed by atoms with E-state index in [0.717, 1.165) is 31.4 Å². The van der Waals surface area contributed by atoms with Gasteiger partial charge in [-0.15, -0.1) is 0 Å². The van der Waals surface area contributed by atoms with Crippen molar-refractivity contribution in [1.29, 1.82) is 0 Å². The highest BCUT2D eigenvalue weighted by atomic mass is 16.5. The lowest BCUT2D eigenvalue weighted by atomic mass is 9.52. The molecule has 1 aliphatic heterocycles. The first-order chi connectivity index (χ1) is 9.35. The van der Waals surface area contributed by atoms with Crippen molar-refractivity contribution in [2.75, 3.05) is 6.61 Å². The van der Waals surface area contributed by atoms with Gasteiger partial charge in [-0.2, -0.15) is 0 Å². The van der Waals surface area contributed by atoms with Gasteiger partial charge in [-0.3, -0.25) is 4.79 Å². The Hall–Kier alpha value is -1.41. The van der Waals surface area contributed by atoms with E-state index in [2.05, 4.69) is 18.2 Å². The molecule has 0 aromatic heterocycles. The van der Waals surface area contributed by atoms with Gasteiger partial charge >= 0.3 is 0 Å². The normalized spacial score (nSPS) is 36.8. The zero-order valence-electron chi connectivity index (χ0n) is 11.0. The second-order valence-electron chi connectivity index (χ2n) is 5.85. The average Bonchev–Trinajstić information content (AvgIpc) is 3.11. The summed E-state index contributed by atoms with van der Waals surface area (Å²) in [5.74, 6) is 0.538. The molecule has 1 aromatic rings. The number of allylic oxidation sites excluding steroid dienone is 1. The van der Waals surface area contributed by atoms with Gasteiger partial charge in [0.25, 0.3) is 0 Å². The van der Waals surface area contributed by atoms with Gasteiger partial charge in [0.15, 0.2) is 5.78 Å². The Morgan fingerprint density at radius 3 is 2.79 bits per heavy atom. The van der Waals surface area contributed by atoms with Gasteiger partial charge in [-0.25, -0.2) is 0 Å². The SMILES string of the molecule is O=C1C2CCOC2[C@@]1(C1=CCCC1)c1ccccc1. The summed E-state index contributed by atoms with van der Waals surface area (Å²) >= 11 is 0. The van der Waals surface area contributed by atoms with Crippen LogP contribution in [0.4, 0.5) is 0 Å². The molecule has 1 heterocycles. The molecule has 2 fully saturated rings. The zero-order valence-corrected chi connectivity index (χ0v) is 11.0. The lowest BCUT2D eigenvalue weighted by Crippen LogP contribution is -2.64. The molecule has 1 saturated heterocycles. The molecule has 2 aliphatic carbocycles. The molecule has 0 N–H and O–H groups in total. The summed E-state index contributed by atoms with van der Waals surface area (Å²) in [7, 11) is 0. The van der Waals surface area contributed by atoms with Crippen LogP contribution in [0.5, 0.6) is 0 Å². The monoisotopic (exact) mass is 254 g/mol. The van der Waals surface area contributed by atoms with Crippen LogP contribution in [0.1, 0.15) is 31.2 Å². The van der Waals surface area contributed by atoms with Crippen molar-refractivity contribution in [1.82, 2.24) is 0 Å². The molecule has 0 radical (unpaired) electrons. The number of fused-ring (bicyclic) bond motifs is 1. The van der Waals surface area contributed by atoms with E-state index in [1.165, 1.54) is 12.0 Å². The topological polar surface area (TPSA) is 26.3 Å². The van der Waals surface area contributed by atoms with Crippen LogP contribution in [-0.2, 0) is 14.9 Å². The van der Waals surface area contributed by atoms with Gasteiger partial charge in [0.05, 0.1) is 6.10 Å². The molecule has 1 aromatic carbocycles. The zero-order chi connectivity index (χ0) is 12.9. The molecule has 0 amide bonds. The molecular weight excluding hydrogens is 236 g/mol. The number of carbonyl (C=O) groups is 1. The molecule has 1 saturated carbocycles. The Kier molecular flexibility index (Phi) is 2.43. The van der Waals surface area contributed by atoms with Crippen molar-refractivity contribution in [3.8, 4) is 0 Å². The Morgan fingerprint density at radius 2 is 2.05 bits per heavy atom. The van der Waals surface area contributed by atoms with Crippen molar-refractivity contribution in [3.63, 3.8) is 0 Å². The van der Waals surface area contributed by atoms with Gasteiger partial charge in [-0.1, -0.05) is 42.0 Å². The van der Waals surface area contributed by atoms with Crippen LogP contribution >= 0.6 is 0 Å². The number of benzene rings is 1. The average molecular weight is 254 g/mol. The number of Topliss-reactive ketones (excluding diaryl/α,β-unsaturated/α-hetero) is 1. The van der Waals surface area contributed by atoms with E-state index in [4.69, 9.17) is 4.74 Å². The lowest BCUT2D eigenvalue weighted by Gasteiger charge is -2.50. The molecule has 19 heavy (non-hydrogen) atoms. The summed E-state index contributed by atoms with van der Waals surface area (Å²) in [6, 6.07) is 10.3. The van der Waals surface area contributed by atoms with Crippen molar-refractivity contribution >= 4 is 5.78 Å². The number of rotatable bonds is 2. The Morgan fingerprint density at radius 1 is 1.21 bits per heavy atom. The highest BCUT2D eigenvalue weighted by molar-refractivity contribution is 6.03. The van der Waals surface area contributed by atoms with Crippen LogP contribution in [0.25, 0.3) is 0 Å². The van der Waals surface area contributed by atoms with Crippen molar-refractivity contribution < 1.29 is 9.53 Å². The van der Waals surface area contributed by atoms with Gasteiger partial charge in [0, 0.05) is 12.5 Å². The highest BCUT2D eigenvalue weighted by Gasteiger charge is 2.66. The van der Waals surface area contributed by atoms with Crippen LogP contribution in [0.3, 0.4) is 0 Å². The Labute approximate surface area is 113 Å². The second kappa shape index (κ2) is 4.04. The molecule has 98 valence electrons. The molecule has 3 aliphatic rings. The third-order valence-electron chi connectivity index (χ3n) is 5.02. The minimum Gasteiger partial charge on any atom is -0.376 e. The molecule has 0 bridgehead atoms. The van der Waals surface area contributed by atoms with E-state index in [1.54, 1.807) is 0 Å². The number of hydrogen-bond donors (Lipinski definition) is 0. The summed E-state index contributed by atoms with van der Waals surface area (Å²) < 4.78 is 5.94. The Bertz CT molecular complexity index is 546. The van der Waals surface area contributed by atoms with Crippen LogP contribution in [0.2, 0.25) is 0 Å². The number of ether oxygens (including phenoxy) is 1. The molecule has 3 atom stereocenters. The predicted molar refractivity (Wildman–Crippen MR) is 72.9 cm³/mol. The third kappa shape index (κ3) is 1.33. The number of ketones is 1. The smallest absolute Gasteiger partial charge is 0.155 e. The van der Waals surface area contributed by atoms with E-state index in [9.17, 15) is 4.79 Å². The molecule has 4 rings (SSSR count). The summed E-state index contributed by atoms with van der Waals surface area (Å²) in [6.45, 7) is 0.739. The third-order valence-corrected chi connectivity index (χ3v) is 5.02. The van der Waals surface area contributed by atoms with Gasteiger partial charge in [-0.05, 0) is 31.2 Å². The summed E-state index contributed by atoms with van der Waals surface area (Å²) in [5, 5.41) is 0. The first-order valence-electron chi connectivity index (χ1n) is 7.26. The quantitative estimate of drug-likeness (QED) is 0.758. The first-order valence-corrected chi connectivity index (χ1v) is 7.26. The summed E-state index contributed by atoms with van der Waals surface area (Å²) in [6.07, 6.45) is 6.61. The van der Waals surface area contributed by atoms with Crippen LogP contribution in [-0.4, -0.2) is 18.5 Å². The molecule has 2 unspecified atom stereocenters. The standard InChI is InChI=1S/C17H18O2/c18-15-14-10-11-19-16(14)17(15,13-8-4-5-9-13)12-6-2-1-3-7-12/h1-3,6-8,14,16H,4-5,9-11H2/t14?,16?,17-/m1/s1. The fraction of sp³-hybridized carbons (Fsp3) is 0.471. The van der Waals surface area contributed by atoms with E-state index < -0.39 is 5.41 Å². The van der Waals surface area contributed by atoms with Gasteiger partial charge in [0.2, 0.25) is 0 Å². The number of hydrogen-bond acceptors (Lipinski definition) is 2. The largest absolute Gasteiger partial charge is 0.376 e. The lowest BCUT2D eigenvalue weighted by molar-refractivity contribution is -0.148. The maximum absolute atomic E-state index is 12.8. The van der Waals surface area contributed by atoms with Crippen LogP contribution in [0, 0.1) is 5.92 Å². The summed E-state index contributed by atoms with van der Waals surface area (Å²) in [5.41, 5.74) is 2.00. The van der Waals surface area contributed by atoms with Gasteiger partial charge in [0.1, 0.15) is 5.41 Å². The van der Waals surface area contributed by atoms with Crippen LogP contribution < -0.4 is 0 Å². The maximum atomic E-state index is 12.8. The first kappa shape index (κ1) is 11.4. The van der Waals surface area contributed by atoms with E-state index in [0.29, 0.717) is 5.78 Å². The van der Waals surface area contributed by atoms with E-state index in [1.807, 2.05) is 18.2 Å². The Balaban J connectivity index is 1.87. The fourth-order valence-corrected chi connectivity index (χ4v) is 4.18. The van der Waals surface area contributed by atoms with E-state index in [-0.39, 0.29) is 12.0 Å². The van der Waals surface area contributed by atoms with Crippen LogP contribution in [0.15, 0.2) is 42.0 Å². The number of carbonyl (C=O) groups excluding carboxylic acids is 1. The predicted octanol–water partition coefficient (Wildman–Crippen LogP) is 3.02. The second-order valence-corrected chi connectivity index (χ2v) is 5.85. The highest BCUT2D eigenvalue weighted by Crippen LogP contribution is 2.56. The minimum atomic E-state index is -0.446. The van der Waals surface area contributed by atoms with E-state index >= 15 is 0 Å². The molecule has 2 heteroatoms.